The maximum Gasteiger partial charge on any atom is 0 e. The Morgan fingerprint density at radius 3 is 1.00 bits per heavy atom. The fourth-order valence-electron chi connectivity index (χ4n) is 0.707. The van der Waals surface area contributed by atoms with Crippen molar-refractivity contribution in [1.82, 2.24) is 0 Å². The van der Waals surface area contributed by atoms with Crippen molar-refractivity contribution in [3.8, 4) is 0 Å². The molecule has 0 spiro atoms. The minimum atomic E-state index is 0. The van der Waals surface area contributed by atoms with Gasteiger partial charge in [0.25, 0.3) is 0 Å². The zero-order valence-corrected chi connectivity index (χ0v) is 11.3. The van der Waals surface area contributed by atoms with Gasteiger partial charge in [0.2, 0.25) is 0 Å². The van der Waals surface area contributed by atoms with Crippen molar-refractivity contribution >= 4 is 9.69 Å². The fourth-order valence-corrected chi connectivity index (χ4v) is 0.707. The molecule has 4 nitrogen and oxygen atoms in total. The van der Waals surface area contributed by atoms with E-state index in [0.29, 0.717) is 0 Å². The number of rotatable bonds is 0. The van der Waals surface area contributed by atoms with Gasteiger partial charge < -0.3 is 21.3 Å². The zero-order valence-electron chi connectivity index (χ0n) is 7.12. The third-order valence-corrected chi connectivity index (χ3v) is 1.23. The number of nitrogens with zero attached hydrogens (tertiary/aromatic N) is 4. The summed E-state index contributed by atoms with van der Waals surface area (Å²) in [5.41, 5.74) is 0. The monoisotopic (exact) mass is 379 g/mol. The summed E-state index contributed by atoms with van der Waals surface area (Å²) in [5.74, 6) is 0. The van der Waals surface area contributed by atoms with Gasteiger partial charge in [0.05, 0.1) is 0 Å². The third-order valence-electron chi connectivity index (χ3n) is 1.23. The van der Waals surface area contributed by atoms with Gasteiger partial charge in [-0.25, -0.2) is 0 Å². The van der Waals surface area contributed by atoms with E-state index >= 15 is 0 Å². The van der Waals surface area contributed by atoms with Crippen LogP contribution in [0.4, 0.5) is 0 Å². The minimum absolute atomic E-state index is 0. The van der Waals surface area contributed by atoms with Crippen molar-refractivity contribution in [1.29, 1.82) is 0 Å². The molecule has 2 heterocycles. The molecule has 0 amide bonds. The van der Waals surface area contributed by atoms with E-state index in [4.69, 9.17) is 0 Å². The van der Waals surface area contributed by atoms with Crippen LogP contribution in [0.5, 0.6) is 0 Å². The predicted molar refractivity (Wildman–Crippen MR) is 48.5 cm³/mol. The summed E-state index contributed by atoms with van der Waals surface area (Å²) < 4.78 is 0. The minimum Gasteiger partial charge on any atom is 0 e. The predicted octanol–water partition coefficient (Wildman–Crippen LogP) is 2.09. The van der Waals surface area contributed by atoms with Crippen molar-refractivity contribution in [3.05, 3.63) is 21.3 Å². The Bertz CT molecular complexity index is 55.8. The molecule has 2 aliphatic rings. The topological polar surface area (TPSA) is 56.4 Å². The first-order chi connectivity index (χ1) is 6.00. The zero-order chi connectivity index (χ0) is 9.07. The van der Waals surface area contributed by atoms with E-state index < -0.39 is 0 Å². The van der Waals surface area contributed by atoms with Gasteiger partial charge in [-0.1, -0.05) is 0 Å². The summed E-state index contributed by atoms with van der Waals surface area (Å²) in [5, 5.41) is 15.7. The molecular weight excluding hydrogens is 366 g/mol. The van der Waals surface area contributed by atoms with Gasteiger partial charge in [-0.2, -0.15) is 26.2 Å². The van der Waals surface area contributed by atoms with Crippen LogP contribution in [0.2, 0.25) is 0 Å². The fraction of sp³-hybridized carbons (Fsp3) is 1.00. The van der Waals surface area contributed by atoms with E-state index in [0.717, 1.165) is 39.5 Å². The van der Waals surface area contributed by atoms with E-state index in [9.17, 15) is 0 Å². The summed E-state index contributed by atoms with van der Waals surface area (Å²) in [6.07, 6.45) is 0. The Hall–Kier alpha value is 1.38. The van der Waals surface area contributed by atoms with Crippen molar-refractivity contribution in [2.45, 2.75) is 0 Å². The maximum absolute atomic E-state index is 4.57. The van der Waals surface area contributed by atoms with E-state index in [2.05, 4.69) is 31.0 Å². The molecule has 0 radical (unpaired) electrons. The molecule has 0 aromatic rings. The molecule has 13 heavy (non-hydrogen) atoms. The van der Waals surface area contributed by atoms with E-state index in [-0.39, 0.29) is 19.5 Å². The molecule has 0 atom stereocenters. The molecule has 2 rings (SSSR count). The van der Waals surface area contributed by atoms with Crippen LogP contribution >= 0.6 is 9.69 Å². The van der Waals surface area contributed by atoms with Crippen molar-refractivity contribution < 1.29 is 36.8 Å². The van der Waals surface area contributed by atoms with E-state index in [1.807, 2.05) is 17.3 Å². The first kappa shape index (κ1) is 16.8. The van der Waals surface area contributed by atoms with Crippen molar-refractivity contribution in [2.75, 3.05) is 39.5 Å². The molecule has 0 aromatic carbocycles. The van der Waals surface area contributed by atoms with E-state index in [1.54, 1.807) is 0 Å². The summed E-state index contributed by atoms with van der Waals surface area (Å²) >= 11 is 1.82. The van der Waals surface area contributed by atoms with Crippen LogP contribution in [0.15, 0.2) is 0 Å². The van der Waals surface area contributed by atoms with Crippen LogP contribution in [-0.2, 0) is 36.8 Å². The Morgan fingerprint density at radius 1 is 0.692 bits per heavy atom. The van der Waals surface area contributed by atoms with Gasteiger partial charge in [-0.15, -0.1) is 0 Å². The summed E-state index contributed by atoms with van der Waals surface area (Å²) in [6.45, 7) is 5.33. The molecule has 2 saturated heterocycles. The smallest absolute Gasteiger partial charge is 0 e. The van der Waals surface area contributed by atoms with Crippen LogP contribution in [0, 0.1) is 0 Å². The SMILES string of the molecule is C1C[N-]C[N-]1.C1C[N-]C[N-]1.[Cl][Ru].[Ru]. The number of hydrogen-bond acceptors (Lipinski definition) is 0. The van der Waals surface area contributed by atoms with Crippen LogP contribution in [0.1, 0.15) is 0 Å². The molecule has 0 aromatic heterocycles. The standard InChI is InChI=1S/2C3H6N2.ClH.2Ru/c2*1-2-5-3-4-1;;;/h2*1-3H2;1H;;/q2*-2;;;+1/p-1. The van der Waals surface area contributed by atoms with E-state index in [1.165, 1.54) is 0 Å². The Kier molecular flexibility index (Phi) is 20.5. The second-order valence-electron chi connectivity index (χ2n) is 2.07. The summed E-state index contributed by atoms with van der Waals surface area (Å²) in [6, 6.07) is 0. The Morgan fingerprint density at radius 2 is 0.923 bits per heavy atom. The molecule has 7 heteroatoms. The summed E-state index contributed by atoms with van der Waals surface area (Å²) in [7, 11) is 4.57. The molecule has 0 bridgehead atoms. The number of hydrogen-bond donors (Lipinski definition) is 0. The third kappa shape index (κ3) is 13.4. The Balaban J connectivity index is 0. The normalized spacial score (nSPS) is 18.9. The molecule has 0 saturated carbocycles. The van der Waals surface area contributed by atoms with Gasteiger partial charge in [-0.3, -0.25) is 13.3 Å². The molecule has 83 valence electrons. The molecule has 2 fully saturated rings. The van der Waals surface area contributed by atoms with Gasteiger partial charge in [0.15, 0.2) is 0 Å². The van der Waals surface area contributed by atoms with Crippen molar-refractivity contribution in [3.63, 3.8) is 0 Å². The van der Waals surface area contributed by atoms with Crippen LogP contribution in [-0.4, -0.2) is 39.5 Å². The van der Waals surface area contributed by atoms with Crippen LogP contribution in [0.25, 0.3) is 21.3 Å². The molecule has 2 aliphatic heterocycles. The quantitative estimate of drug-likeness (QED) is 0.581. The van der Waals surface area contributed by atoms with Crippen molar-refractivity contribution in [2.24, 2.45) is 0 Å². The van der Waals surface area contributed by atoms with Gasteiger partial charge in [0.1, 0.15) is 0 Å². The largest absolute Gasteiger partial charge is 0 e. The molecule has 0 N–H and O–H groups in total. The average molecular weight is 378 g/mol. The van der Waals surface area contributed by atoms with Crippen LogP contribution in [0.3, 0.4) is 0 Å². The molecular formula is C6H12ClN4Ru2-4. The van der Waals surface area contributed by atoms with Crippen LogP contribution < -0.4 is 0 Å². The second kappa shape index (κ2) is 15.8. The average Bonchev–Trinajstić information content (AvgIpc) is 2.87. The number of halogens is 1. The molecule has 0 aliphatic carbocycles. The van der Waals surface area contributed by atoms with Gasteiger partial charge in [0, 0.05) is 19.5 Å². The summed E-state index contributed by atoms with van der Waals surface area (Å²) in [4.78, 5) is 0. The van der Waals surface area contributed by atoms with Gasteiger partial charge in [-0.05, 0) is 0 Å². The second-order valence-corrected chi connectivity index (χ2v) is 2.07. The Labute approximate surface area is 107 Å². The first-order valence-corrected chi connectivity index (χ1v) is 5.90. The maximum atomic E-state index is 4.57. The van der Waals surface area contributed by atoms with Gasteiger partial charge >= 0.3 is 27.0 Å². The molecule has 0 unspecified atom stereocenters. The first-order valence-electron chi connectivity index (χ1n) is 3.66.